The van der Waals surface area contributed by atoms with Gasteiger partial charge in [-0.05, 0) is 19.9 Å². The number of benzene rings is 1. The summed E-state index contributed by atoms with van der Waals surface area (Å²) >= 11 is 0. The molecule has 22 heavy (non-hydrogen) atoms. The number of allylic oxidation sites excluding steroid dienone is 2. The molecule has 2 N–H and O–H groups in total. The largest absolute Gasteiger partial charge is 0.463 e. The van der Waals surface area contributed by atoms with Gasteiger partial charge in [0.25, 0.3) is 0 Å². The number of ether oxygens (including phenoxy) is 2. The minimum Gasteiger partial charge on any atom is -0.463 e. The van der Waals surface area contributed by atoms with Crippen molar-refractivity contribution in [3.63, 3.8) is 0 Å². The maximum atomic E-state index is 14.2. The van der Waals surface area contributed by atoms with Crippen LogP contribution < -0.4 is 5.73 Å². The smallest absolute Gasteiger partial charge is 0.338 e. The predicted molar refractivity (Wildman–Crippen MR) is 76.4 cm³/mol. The highest BCUT2D eigenvalue weighted by Crippen LogP contribution is 2.40. The lowest BCUT2D eigenvalue weighted by Crippen LogP contribution is -2.26. The first kappa shape index (κ1) is 15.6. The van der Waals surface area contributed by atoms with E-state index in [0.29, 0.717) is 0 Å². The van der Waals surface area contributed by atoms with Gasteiger partial charge in [0.2, 0.25) is 5.88 Å². The average Bonchev–Trinajstić information content (AvgIpc) is 2.47. The van der Waals surface area contributed by atoms with Gasteiger partial charge in [-0.25, -0.2) is 9.18 Å². The molecule has 0 radical (unpaired) electrons. The number of hydrogen-bond donors (Lipinski definition) is 1. The van der Waals surface area contributed by atoms with Gasteiger partial charge in [0.05, 0.1) is 18.1 Å². The summed E-state index contributed by atoms with van der Waals surface area (Å²) in [6.07, 6.45) is 0. The fourth-order valence-corrected chi connectivity index (χ4v) is 2.38. The van der Waals surface area contributed by atoms with E-state index in [-0.39, 0.29) is 35.0 Å². The lowest BCUT2D eigenvalue weighted by atomic mass is 9.83. The van der Waals surface area contributed by atoms with Crippen LogP contribution in [0.5, 0.6) is 0 Å². The molecule has 1 aromatic carbocycles. The van der Waals surface area contributed by atoms with Crippen molar-refractivity contribution in [2.75, 3.05) is 6.61 Å². The Kier molecular flexibility index (Phi) is 4.47. The van der Waals surface area contributed by atoms with E-state index in [4.69, 9.17) is 15.2 Å². The minimum absolute atomic E-state index is 0.0150. The summed E-state index contributed by atoms with van der Waals surface area (Å²) in [5, 5.41) is 9.33. The van der Waals surface area contributed by atoms with Crippen molar-refractivity contribution in [2.24, 2.45) is 5.73 Å². The van der Waals surface area contributed by atoms with Gasteiger partial charge in [-0.1, -0.05) is 18.2 Å². The Morgan fingerprint density at radius 3 is 2.77 bits per heavy atom. The molecule has 1 atom stereocenters. The molecule has 0 fully saturated rings. The number of hydrogen-bond acceptors (Lipinski definition) is 5. The molecule has 0 saturated carbocycles. The zero-order valence-electron chi connectivity index (χ0n) is 12.2. The molecule has 0 spiro atoms. The molecule has 0 amide bonds. The maximum Gasteiger partial charge on any atom is 0.338 e. The van der Waals surface area contributed by atoms with E-state index in [1.807, 2.05) is 6.07 Å². The van der Waals surface area contributed by atoms with E-state index in [2.05, 4.69) is 0 Å². The molecule has 2 rings (SSSR count). The van der Waals surface area contributed by atoms with Crippen LogP contribution in [0.4, 0.5) is 4.39 Å². The molecule has 1 aliphatic heterocycles. The molecule has 1 heterocycles. The predicted octanol–water partition coefficient (Wildman–Crippen LogP) is 2.47. The highest BCUT2D eigenvalue weighted by atomic mass is 19.1. The molecule has 0 aromatic heterocycles. The number of nitrogens with zero attached hydrogens (tertiary/aromatic N) is 1. The number of nitriles is 1. The van der Waals surface area contributed by atoms with E-state index in [0.717, 1.165) is 0 Å². The van der Waals surface area contributed by atoms with Crippen LogP contribution in [0.3, 0.4) is 0 Å². The van der Waals surface area contributed by atoms with Crippen LogP contribution in [0.25, 0.3) is 0 Å². The number of nitrogens with two attached hydrogens (primary N) is 1. The number of esters is 1. The van der Waals surface area contributed by atoms with Crippen molar-refractivity contribution >= 4 is 5.97 Å². The number of halogens is 1. The van der Waals surface area contributed by atoms with Crippen molar-refractivity contribution in [2.45, 2.75) is 19.8 Å². The summed E-state index contributed by atoms with van der Waals surface area (Å²) < 4.78 is 24.4. The fourth-order valence-electron chi connectivity index (χ4n) is 2.38. The van der Waals surface area contributed by atoms with E-state index < -0.39 is 17.7 Å². The number of rotatable bonds is 3. The van der Waals surface area contributed by atoms with Crippen LogP contribution >= 0.6 is 0 Å². The summed E-state index contributed by atoms with van der Waals surface area (Å²) in [5.74, 6) is -2.08. The van der Waals surface area contributed by atoms with Gasteiger partial charge in [0, 0.05) is 5.56 Å². The average molecular weight is 302 g/mol. The van der Waals surface area contributed by atoms with Crippen LogP contribution in [0.15, 0.2) is 47.1 Å². The van der Waals surface area contributed by atoms with Gasteiger partial charge in [0.1, 0.15) is 23.2 Å². The molecule has 6 heteroatoms. The Labute approximate surface area is 127 Å². The van der Waals surface area contributed by atoms with Gasteiger partial charge in [-0.3, -0.25) is 0 Å². The van der Waals surface area contributed by atoms with E-state index in [9.17, 15) is 14.4 Å². The van der Waals surface area contributed by atoms with Crippen LogP contribution in [0, 0.1) is 17.1 Å². The zero-order chi connectivity index (χ0) is 16.3. The van der Waals surface area contributed by atoms with Gasteiger partial charge in [-0.2, -0.15) is 5.26 Å². The normalized spacial score (nSPS) is 17.8. The molecule has 0 unspecified atom stereocenters. The molecule has 1 aliphatic rings. The Hall–Kier alpha value is -2.81. The second-order valence-electron chi connectivity index (χ2n) is 4.64. The SMILES string of the molecule is CCOC(=O)C1=C(C)OC(N)=C(C#N)[C@H]1c1ccccc1F. The van der Waals surface area contributed by atoms with Crippen molar-refractivity contribution < 1.29 is 18.7 Å². The van der Waals surface area contributed by atoms with E-state index in [1.54, 1.807) is 13.0 Å². The summed E-state index contributed by atoms with van der Waals surface area (Å²) in [6.45, 7) is 3.34. The Morgan fingerprint density at radius 1 is 1.50 bits per heavy atom. The van der Waals surface area contributed by atoms with Crippen LogP contribution in [-0.4, -0.2) is 12.6 Å². The molecule has 1 aromatic rings. The Bertz CT molecular complexity index is 716. The molecule has 0 aliphatic carbocycles. The topological polar surface area (TPSA) is 85.3 Å². The first-order valence-corrected chi connectivity index (χ1v) is 6.71. The lowest BCUT2D eigenvalue weighted by Gasteiger charge is -2.27. The quantitative estimate of drug-likeness (QED) is 0.867. The monoisotopic (exact) mass is 302 g/mol. The highest BCUT2D eigenvalue weighted by Gasteiger charge is 2.37. The van der Waals surface area contributed by atoms with Gasteiger partial charge >= 0.3 is 5.97 Å². The molecule has 0 saturated heterocycles. The van der Waals surface area contributed by atoms with Gasteiger partial charge in [-0.15, -0.1) is 0 Å². The lowest BCUT2D eigenvalue weighted by molar-refractivity contribution is -0.139. The molecular formula is C16H15FN2O3. The minimum atomic E-state index is -0.945. The second-order valence-corrected chi connectivity index (χ2v) is 4.64. The van der Waals surface area contributed by atoms with E-state index in [1.165, 1.54) is 25.1 Å². The molecule has 114 valence electrons. The maximum absolute atomic E-state index is 14.2. The molecule has 0 bridgehead atoms. The third kappa shape index (κ3) is 2.66. The Balaban J connectivity index is 2.65. The summed E-state index contributed by atoms with van der Waals surface area (Å²) in [5.41, 5.74) is 5.96. The fraction of sp³-hybridized carbons (Fsp3) is 0.250. The summed E-state index contributed by atoms with van der Waals surface area (Å²) in [4.78, 5) is 12.2. The van der Waals surface area contributed by atoms with Gasteiger partial charge < -0.3 is 15.2 Å². The van der Waals surface area contributed by atoms with Crippen LogP contribution in [-0.2, 0) is 14.3 Å². The first-order chi connectivity index (χ1) is 10.5. The highest BCUT2D eigenvalue weighted by molar-refractivity contribution is 5.92. The van der Waals surface area contributed by atoms with Crippen molar-refractivity contribution in [1.29, 1.82) is 5.26 Å². The number of carbonyl (C=O) groups is 1. The first-order valence-electron chi connectivity index (χ1n) is 6.71. The standard InChI is InChI=1S/C16H15FN2O3/c1-3-21-16(20)13-9(2)22-15(19)11(8-18)14(13)10-6-4-5-7-12(10)17/h4-7,14H,3,19H2,1-2H3/t14-/m1/s1. The van der Waals surface area contributed by atoms with E-state index >= 15 is 0 Å². The van der Waals surface area contributed by atoms with Crippen molar-refractivity contribution in [3.8, 4) is 6.07 Å². The summed E-state index contributed by atoms with van der Waals surface area (Å²) in [6, 6.07) is 7.81. The molecule has 5 nitrogen and oxygen atoms in total. The van der Waals surface area contributed by atoms with Crippen molar-refractivity contribution in [3.05, 3.63) is 58.4 Å². The zero-order valence-corrected chi connectivity index (χ0v) is 12.2. The summed E-state index contributed by atoms with van der Waals surface area (Å²) in [7, 11) is 0. The van der Waals surface area contributed by atoms with Crippen LogP contribution in [0.1, 0.15) is 25.3 Å². The van der Waals surface area contributed by atoms with Crippen molar-refractivity contribution in [1.82, 2.24) is 0 Å². The molecular weight excluding hydrogens is 287 g/mol. The number of carbonyl (C=O) groups excluding carboxylic acids is 1. The Morgan fingerprint density at radius 2 is 2.18 bits per heavy atom. The van der Waals surface area contributed by atoms with Gasteiger partial charge in [0.15, 0.2) is 0 Å². The van der Waals surface area contributed by atoms with Crippen LogP contribution in [0.2, 0.25) is 0 Å². The third-order valence-corrected chi connectivity index (χ3v) is 3.32. The second kappa shape index (κ2) is 6.31. The third-order valence-electron chi connectivity index (χ3n) is 3.32.